The van der Waals surface area contributed by atoms with Gasteiger partial charge in [0.25, 0.3) is 0 Å². The second-order valence-corrected chi connectivity index (χ2v) is 3.89. The van der Waals surface area contributed by atoms with Crippen molar-refractivity contribution in [2.24, 2.45) is 0 Å². The average molecular weight is 251 g/mol. The normalized spacial score (nSPS) is 10.9. The number of nitrogens with zero attached hydrogens (tertiary/aromatic N) is 3. The predicted molar refractivity (Wildman–Crippen MR) is 55.0 cm³/mol. The Morgan fingerprint density at radius 2 is 2.29 bits per heavy atom. The van der Waals surface area contributed by atoms with Crippen molar-refractivity contribution >= 4 is 33.8 Å². The molecule has 0 aromatic carbocycles. The molecule has 72 valence electrons. The van der Waals surface area contributed by atoms with E-state index in [1.807, 2.05) is 0 Å². The fourth-order valence-corrected chi connectivity index (χ4v) is 1.58. The van der Waals surface area contributed by atoms with E-state index in [0.717, 1.165) is 29.4 Å². The Bertz CT molecular complexity index is 438. The van der Waals surface area contributed by atoms with Gasteiger partial charge in [-0.25, -0.2) is 0 Å². The van der Waals surface area contributed by atoms with E-state index in [-0.39, 0.29) is 0 Å². The van der Waals surface area contributed by atoms with Gasteiger partial charge in [0.2, 0.25) is 0 Å². The van der Waals surface area contributed by atoms with Crippen molar-refractivity contribution < 1.29 is 0 Å². The van der Waals surface area contributed by atoms with Crippen LogP contribution in [0.2, 0.25) is 5.21 Å². The van der Waals surface area contributed by atoms with E-state index >= 15 is 0 Å². The molecule has 0 aliphatic rings. The molecule has 2 rings (SSSR count). The summed E-state index contributed by atoms with van der Waals surface area (Å²) in [6.07, 6.45) is 3.48. The maximum atomic E-state index is 5.75. The monoisotopic (exact) mass is 251 g/mol. The van der Waals surface area contributed by atoms with Gasteiger partial charge in [-0.3, -0.25) is 0 Å². The molecule has 2 radical (unpaired) electrons. The summed E-state index contributed by atoms with van der Waals surface area (Å²) >= 11 is 2.54. The Balaban J connectivity index is 2.38. The van der Waals surface area contributed by atoms with Crippen LogP contribution in [0.5, 0.6) is 0 Å². The molecule has 14 heavy (non-hydrogen) atoms. The Morgan fingerprint density at radius 1 is 1.43 bits per heavy atom. The van der Waals surface area contributed by atoms with Crippen molar-refractivity contribution in [2.45, 2.75) is 18.1 Å². The van der Waals surface area contributed by atoms with Crippen molar-refractivity contribution in [3.8, 4) is 0 Å². The number of rotatable bonds is 3. The van der Waals surface area contributed by atoms with E-state index in [0.29, 0.717) is 11.5 Å². The summed E-state index contributed by atoms with van der Waals surface area (Å²) in [4.78, 5) is 15.5. The first-order chi connectivity index (χ1) is 6.81. The van der Waals surface area contributed by atoms with Crippen LogP contribution >= 0.6 is 0 Å². The summed E-state index contributed by atoms with van der Waals surface area (Å²) < 4.78 is 0. The molecule has 0 atom stereocenters. The van der Waals surface area contributed by atoms with Crippen molar-refractivity contribution in [3.05, 3.63) is 12.2 Å². The number of hydrogen-bond acceptors (Lipinski definition) is 4. The van der Waals surface area contributed by atoms with Crippen LogP contribution in [0.1, 0.15) is 12.2 Å². The molecule has 0 amide bonds. The molecule has 2 aromatic rings. The summed E-state index contributed by atoms with van der Waals surface area (Å²) in [7, 11) is 0. The third kappa shape index (κ3) is 1.73. The first kappa shape index (κ1) is 9.46. The molecule has 0 aliphatic carbocycles. The third-order valence-corrected chi connectivity index (χ3v) is 2.58. The maximum absolute atomic E-state index is 5.75. The van der Waals surface area contributed by atoms with E-state index in [4.69, 9.17) is 5.73 Å². The second kappa shape index (κ2) is 3.96. The zero-order valence-corrected chi connectivity index (χ0v) is 9.44. The molecule has 0 saturated heterocycles. The number of H-pyrrole nitrogens is 1. The van der Waals surface area contributed by atoms with Crippen LogP contribution in [0.3, 0.4) is 0 Å². The van der Waals surface area contributed by atoms with E-state index in [1.54, 1.807) is 6.33 Å². The fraction of sp³-hybridized carbons (Fsp3) is 0.375. The molecule has 5 nitrogen and oxygen atoms in total. The minimum absolute atomic E-state index is 0.480. The minimum atomic E-state index is 0.480. The number of imidazole rings is 1. The summed E-state index contributed by atoms with van der Waals surface area (Å²) in [5, 5.41) is 1.06. The van der Waals surface area contributed by atoms with Gasteiger partial charge in [-0.2, -0.15) is 0 Å². The zero-order valence-electron chi connectivity index (χ0n) is 7.56. The number of nitrogens with one attached hydrogen (secondary N) is 1. The molecule has 6 heteroatoms. The molecule has 3 N–H and O–H groups in total. The van der Waals surface area contributed by atoms with E-state index in [9.17, 15) is 0 Å². The Kier molecular flexibility index (Phi) is 2.68. The van der Waals surface area contributed by atoms with Gasteiger partial charge in [0, 0.05) is 0 Å². The summed E-state index contributed by atoms with van der Waals surface area (Å²) in [5.74, 6) is 1.25. The second-order valence-electron chi connectivity index (χ2n) is 2.95. The van der Waals surface area contributed by atoms with Gasteiger partial charge in [-0.1, -0.05) is 0 Å². The Hall–Kier alpha value is -1.09. The zero-order chi connectivity index (χ0) is 9.97. The average Bonchev–Trinajstić information content (AvgIpc) is 2.63. The number of hydrogen-bond donors (Lipinski definition) is 2. The van der Waals surface area contributed by atoms with Crippen LogP contribution in [-0.2, 0) is 6.42 Å². The molecular formula is C8H10AsN5. The van der Waals surface area contributed by atoms with Gasteiger partial charge in [0.05, 0.1) is 0 Å². The Labute approximate surface area is 90.0 Å². The van der Waals surface area contributed by atoms with E-state index in [2.05, 4.69) is 36.8 Å². The SMILES string of the molecule is Nc1nc(CCC[As])nc2nc[nH]c12. The Morgan fingerprint density at radius 3 is 3.07 bits per heavy atom. The topological polar surface area (TPSA) is 80.5 Å². The van der Waals surface area contributed by atoms with Crippen LogP contribution < -0.4 is 5.73 Å². The summed E-state index contributed by atoms with van der Waals surface area (Å²) in [5.41, 5.74) is 7.12. The molecule has 0 bridgehead atoms. The first-order valence-electron chi connectivity index (χ1n) is 4.37. The van der Waals surface area contributed by atoms with Crippen molar-refractivity contribution in [1.82, 2.24) is 19.9 Å². The van der Waals surface area contributed by atoms with E-state index in [1.165, 1.54) is 0 Å². The molecule has 0 saturated carbocycles. The van der Waals surface area contributed by atoms with Gasteiger partial charge >= 0.3 is 89.7 Å². The van der Waals surface area contributed by atoms with Gasteiger partial charge in [0.15, 0.2) is 0 Å². The van der Waals surface area contributed by atoms with Crippen LogP contribution in [0.15, 0.2) is 6.33 Å². The predicted octanol–water partition coefficient (Wildman–Crippen LogP) is 0.454. The van der Waals surface area contributed by atoms with Crippen molar-refractivity contribution in [1.29, 1.82) is 0 Å². The van der Waals surface area contributed by atoms with Gasteiger partial charge in [0.1, 0.15) is 0 Å². The molecular weight excluding hydrogens is 241 g/mol. The van der Waals surface area contributed by atoms with Gasteiger partial charge in [-0.05, 0) is 0 Å². The number of nitrogen functional groups attached to an aromatic ring is 1. The molecule has 0 unspecified atom stereocenters. The molecule has 2 aromatic heterocycles. The number of aromatic nitrogens is 4. The number of fused-ring (bicyclic) bond motifs is 1. The van der Waals surface area contributed by atoms with Crippen molar-refractivity contribution in [3.63, 3.8) is 0 Å². The summed E-state index contributed by atoms with van der Waals surface area (Å²) in [6, 6.07) is 0. The van der Waals surface area contributed by atoms with Crippen LogP contribution in [0.25, 0.3) is 11.2 Å². The number of aryl methyl sites for hydroxylation is 1. The van der Waals surface area contributed by atoms with Crippen molar-refractivity contribution in [2.75, 3.05) is 5.73 Å². The van der Waals surface area contributed by atoms with Crippen LogP contribution in [0.4, 0.5) is 5.82 Å². The summed E-state index contributed by atoms with van der Waals surface area (Å²) in [6.45, 7) is 0. The first-order valence-corrected chi connectivity index (χ1v) is 5.70. The standard InChI is InChI=1S/C8H10AsN5/c9-3-1-2-5-13-7(10)6-8(14-5)12-4-11-6/h4H,1-3H2,(H3,10,11,12,13,14). The fourth-order valence-electron chi connectivity index (χ4n) is 1.25. The van der Waals surface area contributed by atoms with Gasteiger partial charge in [-0.15, -0.1) is 0 Å². The quantitative estimate of drug-likeness (QED) is 0.776. The van der Waals surface area contributed by atoms with E-state index < -0.39 is 0 Å². The van der Waals surface area contributed by atoms with Crippen LogP contribution in [0, 0.1) is 0 Å². The molecule has 0 spiro atoms. The van der Waals surface area contributed by atoms with Crippen LogP contribution in [-0.4, -0.2) is 36.8 Å². The third-order valence-electron chi connectivity index (χ3n) is 1.92. The van der Waals surface area contributed by atoms with Gasteiger partial charge < -0.3 is 0 Å². The molecule has 0 aliphatic heterocycles. The molecule has 2 heterocycles. The number of nitrogens with two attached hydrogens (primary N) is 1. The number of aromatic amines is 1. The number of anilines is 1. The molecule has 0 fully saturated rings.